The maximum atomic E-state index is 5.79. The molecule has 0 atom stereocenters. The summed E-state index contributed by atoms with van der Waals surface area (Å²) in [6, 6.07) is 0. The third-order valence-corrected chi connectivity index (χ3v) is 2.98. The highest BCUT2D eigenvalue weighted by molar-refractivity contribution is 7.16. The number of rotatable bonds is 0. The van der Waals surface area contributed by atoms with Crippen LogP contribution in [0.15, 0.2) is 6.33 Å². The predicted molar refractivity (Wildman–Crippen MR) is 54.2 cm³/mol. The second kappa shape index (κ2) is 2.42. The third kappa shape index (κ3) is 0.805. The molecule has 3 aromatic rings. The Morgan fingerprint density at radius 1 is 1.57 bits per heavy atom. The van der Waals surface area contributed by atoms with Gasteiger partial charge >= 0.3 is 0 Å². The summed E-state index contributed by atoms with van der Waals surface area (Å²) in [6.07, 6.45) is 1.58. The maximum Gasteiger partial charge on any atom is 0.181 e. The van der Waals surface area contributed by atoms with Crippen LogP contribution in [0.3, 0.4) is 0 Å². The zero-order chi connectivity index (χ0) is 9.71. The van der Waals surface area contributed by atoms with Crippen LogP contribution in [-0.2, 0) is 0 Å². The molecule has 0 unspecified atom stereocenters. The first-order chi connectivity index (χ1) is 6.77. The van der Waals surface area contributed by atoms with E-state index in [1.165, 1.54) is 11.3 Å². The zero-order valence-electron chi connectivity index (χ0n) is 7.35. The lowest BCUT2D eigenvalue weighted by Crippen LogP contribution is -1.94. The standard InChI is InChI=1S/C8H6N5S/c1-4-6-5(9)2-14-8(6)12-13-3-10-11-7(4)13/h3H,9H2,1H3. The van der Waals surface area contributed by atoms with Gasteiger partial charge in [0.05, 0.1) is 11.1 Å². The normalized spacial score (nSPS) is 11.5. The molecule has 0 aliphatic carbocycles. The fourth-order valence-electron chi connectivity index (χ4n) is 1.51. The van der Waals surface area contributed by atoms with E-state index in [-0.39, 0.29) is 0 Å². The molecule has 0 aliphatic heterocycles. The Hall–Kier alpha value is -1.69. The molecular weight excluding hydrogens is 198 g/mol. The molecule has 3 heterocycles. The molecule has 0 saturated carbocycles. The molecule has 3 aromatic heterocycles. The number of hydrogen-bond acceptors (Lipinski definition) is 5. The summed E-state index contributed by atoms with van der Waals surface area (Å²) in [6.45, 7) is 1.96. The van der Waals surface area contributed by atoms with Crippen molar-refractivity contribution in [3.63, 3.8) is 0 Å². The summed E-state index contributed by atoms with van der Waals surface area (Å²) in [5, 5.41) is 16.0. The number of anilines is 1. The SMILES string of the molecule is Cc1c2c(N)[c]sc2nn2cnnc12. The summed E-state index contributed by atoms with van der Waals surface area (Å²) in [5.41, 5.74) is 8.18. The molecule has 14 heavy (non-hydrogen) atoms. The van der Waals surface area contributed by atoms with E-state index in [1.54, 1.807) is 10.8 Å². The van der Waals surface area contributed by atoms with Crippen molar-refractivity contribution in [3.8, 4) is 0 Å². The summed E-state index contributed by atoms with van der Waals surface area (Å²) >= 11 is 1.41. The van der Waals surface area contributed by atoms with E-state index in [9.17, 15) is 0 Å². The highest BCUT2D eigenvalue weighted by Gasteiger charge is 2.11. The third-order valence-electron chi connectivity index (χ3n) is 2.18. The summed E-state index contributed by atoms with van der Waals surface area (Å²) in [4.78, 5) is 0.868. The van der Waals surface area contributed by atoms with E-state index in [1.807, 2.05) is 6.92 Å². The number of hydrogen-bond donors (Lipinski definition) is 1. The number of nitrogens with two attached hydrogens (primary N) is 1. The number of nitrogens with zero attached hydrogens (tertiary/aromatic N) is 4. The van der Waals surface area contributed by atoms with Gasteiger partial charge in [0.25, 0.3) is 0 Å². The van der Waals surface area contributed by atoms with Crippen molar-refractivity contribution in [1.82, 2.24) is 19.8 Å². The fourth-order valence-corrected chi connectivity index (χ4v) is 2.32. The number of fused-ring (bicyclic) bond motifs is 2. The average Bonchev–Trinajstić information content (AvgIpc) is 2.74. The first-order valence-corrected chi connectivity index (χ1v) is 4.85. The van der Waals surface area contributed by atoms with Crippen molar-refractivity contribution in [1.29, 1.82) is 0 Å². The van der Waals surface area contributed by atoms with E-state index in [2.05, 4.69) is 20.7 Å². The molecule has 0 saturated heterocycles. The van der Waals surface area contributed by atoms with Crippen molar-refractivity contribution in [2.45, 2.75) is 6.92 Å². The molecule has 6 heteroatoms. The number of aryl methyl sites for hydroxylation is 1. The molecule has 0 spiro atoms. The smallest absolute Gasteiger partial charge is 0.181 e. The van der Waals surface area contributed by atoms with Gasteiger partial charge in [-0.25, -0.2) is 0 Å². The Morgan fingerprint density at radius 2 is 2.43 bits per heavy atom. The monoisotopic (exact) mass is 204 g/mol. The van der Waals surface area contributed by atoms with Gasteiger partial charge in [0.2, 0.25) is 0 Å². The molecule has 0 amide bonds. The molecule has 0 bridgehead atoms. The van der Waals surface area contributed by atoms with Gasteiger partial charge in [-0.15, -0.1) is 21.5 Å². The molecule has 69 valence electrons. The van der Waals surface area contributed by atoms with E-state index >= 15 is 0 Å². The molecule has 5 nitrogen and oxygen atoms in total. The predicted octanol–water partition coefficient (Wildman–Crippen LogP) is 1.03. The maximum absolute atomic E-state index is 5.79. The van der Waals surface area contributed by atoms with Gasteiger partial charge in [0, 0.05) is 10.9 Å². The number of thiophene rings is 1. The Labute approximate surface area is 83.2 Å². The van der Waals surface area contributed by atoms with E-state index < -0.39 is 0 Å². The highest BCUT2D eigenvalue weighted by Crippen LogP contribution is 2.29. The average molecular weight is 204 g/mol. The van der Waals surface area contributed by atoms with Gasteiger partial charge in [-0.05, 0) is 6.92 Å². The molecule has 2 N–H and O–H groups in total. The first kappa shape index (κ1) is 7.69. The van der Waals surface area contributed by atoms with Gasteiger partial charge in [-0.3, -0.25) is 0 Å². The highest BCUT2D eigenvalue weighted by atomic mass is 32.1. The van der Waals surface area contributed by atoms with Crippen LogP contribution < -0.4 is 5.73 Å². The van der Waals surface area contributed by atoms with Crippen LogP contribution in [0.25, 0.3) is 15.9 Å². The molecule has 0 fully saturated rings. The number of aromatic nitrogens is 4. The topological polar surface area (TPSA) is 69.1 Å². The van der Waals surface area contributed by atoms with E-state index in [4.69, 9.17) is 5.73 Å². The minimum absolute atomic E-state index is 0.639. The Morgan fingerprint density at radius 3 is 3.29 bits per heavy atom. The second-order valence-corrected chi connectivity index (χ2v) is 3.82. The van der Waals surface area contributed by atoms with Crippen LogP contribution in [0, 0.1) is 12.3 Å². The van der Waals surface area contributed by atoms with Gasteiger partial charge in [0.1, 0.15) is 11.2 Å². The van der Waals surface area contributed by atoms with Crippen molar-refractivity contribution < 1.29 is 0 Å². The molecular formula is C8H6N5S. The molecule has 0 aliphatic rings. The van der Waals surface area contributed by atoms with Gasteiger partial charge < -0.3 is 5.73 Å². The van der Waals surface area contributed by atoms with E-state index in [0.717, 1.165) is 21.4 Å². The lowest BCUT2D eigenvalue weighted by molar-refractivity contribution is 0.958. The summed E-state index contributed by atoms with van der Waals surface area (Å²) in [5.74, 6) is 0. The first-order valence-electron chi connectivity index (χ1n) is 4.03. The minimum Gasteiger partial charge on any atom is -0.397 e. The number of nitrogen functional groups attached to an aromatic ring is 1. The van der Waals surface area contributed by atoms with Crippen molar-refractivity contribution in [3.05, 3.63) is 17.3 Å². The van der Waals surface area contributed by atoms with Crippen LogP contribution in [0.2, 0.25) is 0 Å². The molecule has 0 aromatic carbocycles. The Bertz CT molecular complexity index is 623. The lowest BCUT2D eigenvalue weighted by Gasteiger charge is -1.98. The summed E-state index contributed by atoms with van der Waals surface area (Å²) in [7, 11) is 0. The minimum atomic E-state index is 0.639. The Kier molecular flexibility index (Phi) is 1.33. The van der Waals surface area contributed by atoms with Crippen molar-refractivity contribution in [2.75, 3.05) is 5.73 Å². The molecule has 3 rings (SSSR count). The quantitative estimate of drug-likeness (QED) is 0.593. The van der Waals surface area contributed by atoms with Gasteiger partial charge in [-0.2, -0.15) is 9.61 Å². The van der Waals surface area contributed by atoms with Crippen molar-refractivity contribution in [2.24, 2.45) is 0 Å². The second-order valence-electron chi connectivity index (χ2n) is 3.02. The van der Waals surface area contributed by atoms with Crippen LogP contribution >= 0.6 is 11.3 Å². The largest absolute Gasteiger partial charge is 0.397 e. The van der Waals surface area contributed by atoms with Crippen LogP contribution in [0.1, 0.15) is 5.56 Å². The fraction of sp³-hybridized carbons (Fsp3) is 0.125. The van der Waals surface area contributed by atoms with E-state index in [0.29, 0.717) is 5.69 Å². The zero-order valence-corrected chi connectivity index (χ0v) is 8.17. The van der Waals surface area contributed by atoms with Crippen LogP contribution in [-0.4, -0.2) is 19.8 Å². The lowest BCUT2D eigenvalue weighted by atomic mass is 10.2. The van der Waals surface area contributed by atoms with Gasteiger partial charge in [0.15, 0.2) is 5.65 Å². The Balaban J connectivity index is 2.65. The van der Waals surface area contributed by atoms with Crippen LogP contribution in [0.5, 0.6) is 0 Å². The van der Waals surface area contributed by atoms with Gasteiger partial charge in [-0.1, -0.05) is 0 Å². The summed E-state index contributed by atoms with van der Waals surface area (Å²) < 4.78 is 1.65. The van der Waals surface area contributed by atoms with Crippen LogP contribution in [0.4, 0.5) is 5.69 Å². The molecule has 1 radical (unpaired) electrons. The van der Waals surface area contributed by atoms with Crippen molar-refractivity contribution >= 4 is 32.9 Å².